The van der Waals surface area contributed by atoms with Crippen molar-refractivity contribution in [3.63, 3.8) is 0 Å². The van der Waals surface area contributed by atoms with Crippen LogP contribution in [0.15, 0.2) is 11.2 Å². The number of nitrogens with zero attached hydrogens (tertiary/aromatic N) is 2. The maximum absolute atomic E-state index is 10.8. The number of hydrogen-bond acceptors (Lipinski definition) is 5. The maximum atomic E-state index is 10.8. The average molecular weight is 316 g/mol. The zero-order valence-corrected chi connectivity index (χ0v) is 11.5. The molecule has 0 saturated carbocycles. The summed E-state index contributed by atoms with van der Waals surface area (Å²) in [6.45, 7) is 1.33. The van der Waals surface area contributed by atoms with Crippen molar-refractivity contribution in [3.8, 4) is 5.75 Å². The van der Waals surface area contributed by atoms with Gasteiger partial charge in [0.05, 0.1) is 0 Å². The molecule has 18 heavy (non-hydrogen) atoms. The molecule has 0 fully saturated rings. The van der Waals surface area contributed by atoms with Crippen molar-refractivity contribution in [2.24, 2.45) is 4.99 Å². The molecule has 1 aromatic rings. The number of pyridine rings is 1. The fraction of sp³-hybridized carbons (Fsp3) is 0.364. The average Bonchev–Trinajstić information content (AvgIpc) is 2.34. The van der Waals surface area contributed by atoms with E-state index in [9.17, 15) is 9.90 Å². The second-order valence-corrected chi connectivity index (χ2v) is 4.17. The number of aliphatic hydroxyl groups excluding tert-OH is 1. The number of aliphatic imine (C=N–C) groups is 1. The third kappa shape index (κ3) is 3.29. The topological polar surface area (TPSA) is 103 Å². The van der Waals surface area contributed by atoms with E-state index in [2.05, 4.69) is 26.0 Å². The predicted octanol–water partition coefficient (Wildman–Crippen LogP) is 0.200. The van der Waals surface area contributed by atoms with Gasteiger partial charge in [-0.1, -0.05) is 0 Å². The number of aryl methyl sites for hydroxylation is 1. The van der Waals surface area contributed by atoms with Crippen LogP contribution in [0.1, 0.15) is 16.8 Å². The van der Waals surface area contributed by atoms with E-state index in [4.69, 9.17) is 10.2 Å². The Morgan fingerprint density at radius 1 is 1.56 bits per heavy atom. The molecule has 0 bridgehead atoms. The van der Waals surface area contributed by atoms with Crippen molar-refractivity contribution in [1.82, 2.24) is 4.98 Å². The van der Waals surface area contributed by atoms with E-state index in [1.165, 1.54) is 6.20 Å². The molecule has 1 aromatic heterocycles. The second-order valence-electron chi connectivity index (χ2n) is 3.57. The normalized spacial score (nSPS) is 11.6. The number of carboxylic acid groups (broad SMARTS) is 1. The molecule has 0 unspecified atom stereocenters. The van der Waals surface area contributed by atoms with Crippen molar-refractivity contribution < 1.29 is 20.1 Å². The van der Waals surface area contributed by atoms with Gasteiger partial charge in [-0.2, -0.15) is 0 Å². The molecule has 6 nitrogen and oxygen atoms in total. The number of aromatic hydroxyl groups is 1. The first kappa shape index (κ1) is 14.6. The second kappa shape index (κ2) is 6.49. The minimum absolute atomic E-state index is 0.00556. The molecule has 0 aliphatic carbocycles. The molecule has 0 aliphatic rings. The van der Waals surface area contributed by atoms with Crippen LogP contribution in [-0.4, -0.2) is 48.0 Å². The zero-order valence-electron chi connectivity index (χ0n) is 9.75. The molecule has 1 radical (unpaired) electrons. The summed E-state index contributed by atoms with van der Waals surface area (Å²) in [5, 5.41) is 28.0. The number of hydrogen-bond donors (Lipinski definition) is 3. The predicted molar refractivity (Wildman–Crippen MR) is 65.9 cm³/mol. The van der Waals surface area contributed by atoms with Crippen molar-refractivity contribution >= 4 is 27.7 Å². The van der Waals surface area contributed by atoms with Crippen LogP contribution in [0.3, 0.4) is 0 Å². The van der Waals surface area contributed by atoms with Gasteiger partial charge in [0, 0.05) is 0 Å². The van der Waals surface area contributed by atoms with Gasteiger partial charge in [-0.15, -0.1) is 0 Å². The Morgan fingerprint density at radius 2 is 2.22 bits per heavy atom. The molecule has 0 atom stereocenters. The van der Waals surface area contributed by atoms with E-state index < -0.39 is 5.97 Å². The Bertz CT molecular complexity index is 488. The third-order valence-electron chi connectivity index (χ3n) is 2.41. The quantitative estimate of drug-likeness (QED) is 0.532. The van der Waals surface area contributed by atoms with Crippen molar-refractivity contribution in [2.45, 2.75) is 25.4 Å². The van der Waals surface area contributed by atoms with E-state index in [1.807, 2.05) is 0 Å². The fourth-order valence-electron chi connectivity index (χ4n) is 1.35. The molecule has 97 valence electrons. The number of aromatic nitrogens is 1. The molecular formula is C11H13N2O4Se. The molecular weight excluding hydrogens is 303 g/mol. The first-order valence-electron chi connectivity index (χ1n) is 5.13. The Morgan fingerprint density at radius 3 is 2.72 bits per heavy atom. The van der Waals surface area contributed by atoms with Gasteiger partial charge >= 0.3 is 112 Å². The Balaban J connectivity index is 3.10. The van der Waals surface area contributed by atoms with Crippen LogP contribution < -0.4 is 0 Å². The number of aliphatic carboxylic acids is 1. The molecule has 1 heterocycles. The van der Waals surface area contributed by atoms with Gasteiger partial charge in [-0.25, -0.2) is 0 Å². The standard InChI is InChI=1S/C11H13N2O4Se/c1-6-10(15)8(7(4-14)2-12-6)3-13-9(5-18)11(16)17/h2,14-15H,3-5H2,1H3,(H,16,17). The molecule has 1 rings (SSSR count). The van der Waals surface area contributed by atoms with E-state index in [0.29, 0.717) is 16.8 Å². The number of carboxylic acids is 1. The Labute approximate surface area is 112 Å². The fourth-order valence-corrected chi connectivity index (χ4v) is 1.80. The van der Waals surface area contributed by atoms with Crippen molar-refractivity contribution in [1.29, 1.82) is 0 Å². The van der Waals surface area contributed by atoms with Crippen molar-refractivity contribution in [2.75, 3.05) is 0 Å². The van der Waals surface area contributed by atoms with Crippen LogP contribution in [-0.2, 0) is 17.9 Å². The number of aliphatic hydroxyl groups is 1. The summed E-state index contributed by atoms with van der Waals surface area (Å²) in [6.07, 6.45) is 1.44. The Kier molecular flexibility index (Phi) is 5.27. The van der Waals surface area contributed by atoms with Crippen LogP contribution in [0.2, 0.25) is 5.32 Å². The van der Waals surface area contributed by atoms with Gasteiger partial charge in [-0.05, 0) is 0 Å². The summed E-state index contributed by atoms with van der Waals surface area (Å²) >= 11 is 2.58. The molecule has 7 heteroatoms. The van der Waals surface area contributed by atoms with Crippen molar-refractivity contribution in [3.05, 3.63) is 23.0 Å². The summed E-state index contributed by atoms with van der Waals surface area (Å²) in [4.78, 5) is 18.6. The SMILES string of the molecule is Cc1ncc(CO)c(CN=C(C[Se])C(=O)O)c1O. The summed E-state index contributed by atoms with van der Waals surface area (Å²) in [5.41, 5.74) is 1.23. The molecule has 0 amide bonds. The van der Waals surface area contributed by atoms with E-state index in [-0.39, 0.29) is 29.9 Å². The van der Waals surface area contributed by atoms with Gasteiger partial charge in [0.15, 0.2) is 0 Å². The van der Waals surface area contributed by atoms with Gasteiger partial charge in [0.1, 0.15) is 0 Å². The van der Waals surface area contributed by atoms with E-state index in [1.54, 1.807) is 6.92 Å². The summed E-state index contributed by atoms with van der Waals surface area (Å²) in [5.74, 6) is -1.17. The van der Waals surface area contributed by atoms with Crippen LogP contribution in [0.25, 0.3) is 0 Å². The third-order valence-corrected chi connectivity index (χ3v) is 2.99. The van der Waals surface area contributed by atoms with Gasteiger partial charge in [0.2, 0.25) is 0 Å². The molecule has 0 aromatic carbocycles. The van der Waals surface area contributed by atoms with Crippen LogP contribution >= 0.6 is 0 Å². The van der Waals surface area contributed by atoms with Crippen LogP contribution in [0, 0.1) is 6.92 Å². The number of carbonyl (C=O) groups is 1. The van der Waals surface area contributed by atoms with Crippen LogP contribution in [0.4, 0.5) is 0 Å². The summed E-state index contributed by atoms with van der Waals surface area (Å²) in [7, 11) is 0. The van der Waals surface area contributed by atoms with Crippen LogP contribution in [0.5, 0.6) is 5.75 Å². The molecule has 3 N–H and O–H groups in total. The van der Waals surface area contributed by atoms with Gasteiger partial charge in [-0.3, -0.25) is 0 Å². The zero-order chi connectivity index (χ0) is 13.7. The minimum atomic E-state index is -1.11. The Hall–Kier alpha value is -1.43. The molecule has 0 aliphatic heterocycles. The molecule has 0 saturated heterocycles. The first-order valence-corrected chi connectivity index (χ1v) is 6.34. The number of rotatable bonds is 5. The van der Waals surface area contributed by atoms with Gasteiger partial charge in [0.25, 0.3) is 0 Å². The monoisotopic (exact) mass is 317 g/mol. The molecule has 0 spiro atoms. The summed E-state index contributed by atoms with van der Waals surface area (Å²) in [6, 6.07) is 0. The first-order chi connectivity index (χ1) is 8.51. The van der Waals surface area contributed by atoms with E-state index in [0.717, 1.165) is 0 Å². The summed E-state index contributed by atoms with van der Waals surface area (Å²) < 4.78 is 0. The van der Waals surface area contributed by atoms with Gasteiger partial charge < -0.3 is 0 Å². The van der Waals surface area contributed by atoms with E-state index >= 15 is 0 Å².